The molecule has 0 bridgehead atoms. The molecule has 0 radical (unpaired) electrons. The maximum Gasteiger partial charge on any atom is 0.328 e. The van der Waals surface area contributed by atoms with E-state index in [1.54, 1.807) is 29.6 Å². The first-order chi connectivity index (χ1) is 15.3. The number of phenols is 1. The van der Waals surface area contributed by atoms with Crippen LogP contribution in [0.2, 0.25) is 0 Å². The molecule has 0 aliphatic carbocycles. The van der Waals surface area contributed by atoms with Crippen LogP contribution in [0.3, 0.4) is 0 Å². The smallest absolute Gasteiger partial charge is 0.328 e. The fourth-order valence-electron chi connectivity index (χ4n) is 2.57. The summed E-state index contributed by atoms with van der Waals surface area (Å²) in [5.41, 5.74) is 0.603. The monoisotopic (exact) mass is 474 g/mol. The Kier molecular flexibility index (Phi) is 7.52. The van der Waals surface area contributed by atoms with E-state index in [2.05, 4.69) is 20.9 Å². The maximum absolute atomic E-state index is 12.4. The van der Waals surface area contributed by atoms with Gasteiger partial charge >= 0.3 is 5.97 Å². The van der Waals surface area contributed by atoms with Crippen LogP contribution in [0.1, 0.15) is 24.9 Å². The summed E-state index contributed by atoms with van der Waals surface area (Å²) in [6.07, 6.45) is 1.22. The highest BCUT2D eigenvalue weighted by molar-refractivity contribution is 7.17. The quantitative estimate of drug-likeness (QED) is 0.316. The first kappa shape index (κ1) is 22.9. The van der Waals surface area contributed by atoms with Gasteiger partial charge in [0, 0.05) is 6.54 Å². The maximum atomic E-state index is 12.4. The minimum absolute atomic E-state index is 0.000532. The number of carboxylic acids is 1. The molecule has 3 rings (SSSR count). The van der Waals surface area contributed by atoms with Crippen molar-refractivity contribution in [3.05, 3.63) is 63.3 Å². The van der Waals surface area contributed by atoms with Crippen LogP contribution in [-0.4, -0.2) is 51.5 Å². The Morgan fingerprint density at radius 3 is 2.56 bits per heavy atom. The fourth-order valence-corrected chi connectivity index (χ4v) is 3.95. The van der Waals surface area contributed by atoms with Gasteiger partial charge in [-0.25, -0.2) is 9.78 Å². The predicted octanol–water partition coefficient (Wildman–Crippen LogP) is 1.70. The van der Waals surface area contributed by atoms with Crippen LogP contribution in [0.4, 0.5) is 5.13 Å². The molecule has 2 aromatic heterocycles. The number of carboxylic acid groups (broad SMARTS) is 1. The predicted molar refractivity (Wildman–Crippen MR) is 118 cm³/mol. The molecule has 166 valence electrons. The van der Waals surface area contributed by atoms with Crippen molar-refractivity contribution in [3.63, 3.8) is 0 Å². The molecule has 0 aliphatic heterocycles. The highest BCUT2D eigenvalue weighted by Crippen LogP contribution is 2.19. The van der Waals surface area contributed by atoms with Crippen molar-refractivity contribution in [1.82, 2.24) is 15.6 Å². The van der Waals surface area contributed by atoms with Crippen LogP contribution >= 0.6 is 22.7 Å². The minimum atomic E-state index is -1.35. The van der Waals surface area contributed by atoms with E-state index in [0.29, 0.717) is 10.4 Å². The van der Waals surface area contributed by atoms with E-state index in [1.807, 2.05) is 0 Å². The van der Waals surface area contributed by atoms with Crippen molar-refractivity contribution in [1.29, 1.82) is 0 Å². The molecule has 0 saturated heterocycles. The Hall–Kier alpha value is -3.77. The molecule has 1 aromatic carbocycles. The average molecular weight is 475 g/mol. The van der Waals surface area contributed by atoms with Crippen molar-refractivity contribution >= 4 is 51.5 Å². The highest BCUT2D eigenvalue weighted by atomic mass is 32.1. The Morgan fingerprint density at radius 2 is 1.88 bits per heavy atom. The first-order valence-electron chi connectivity index (χ1n) is 9.21. The number of carbonyl (C=O) groups excluding carboxylic acids is 3. The molecule has 5 N–H and O–H groups in total. The minimum Gasteiger partial charge on any atom is -0.508 e. The van der Waals surface area contributed by atoms with Gasteiger partial charge in [0.1, 0.15) is 16.7 Å². The molecule has 10 nitrogen and oxygen atoms in total. The lowest BCUT2D eigenvalue weighted by molar-refractivity contribution is -0.139. The van der Waals surface area contributed by atoms with Gasteiger partial charge in [-0.1, -0.05) is 29.5 Å². The topological polar surface area (TPSA) is 158 Å². The van der Waals surface area contributed by atoms with Gasteiger partial charge in [0.2, 0.25) is 5.91 Å². The standard InChI is InChI=1S/C20H18N4O6S2/c25-12-4-1-3-11(7-12)8-16(26)24-20-22-10-15(32-20)18(28)23-13(19(29)30)9-21-17(27)14-5-2-6-31-14/h1-7,10,13,25H,8-9H2,(H,21,27)(H,23,28)(H,29,30)(H,22,24,26). The Labute approximate surface area is 189 Å². The van der Waals surface area contributed by atoms with E-state index in [9.17, 15) is 29.4 Å². The summed E-state index contributed by atoms with van der Waals surface area (Å²) in [5, 5.41) is 28.0. The number of anilines is 1. The number of hydrogen-bond acceptors (Lipinski definition) is 8. The van der Waals surface area contributed by atoms with E-state index >= 15 is 0 Å². The second-order valence-electron chi connectivity index (χ2n) is 6.48. The van der Waals surface area contributed by atoms with Crippen LogP contribution in [0.15, 0.2) is 48.0 Å². The van der Waals surface area contributed by atoms with Crippen LogP contribution in [-0.2, 0) is 16.0 Å². The third-order valence-electron chi connectivity index (χ3n) is 4.07. The van der Waals surface area contributed by atoms with Gasteiger partial charge in [0.15, 0.2) is 5.13 Å². The Balaban J connectivity index is 1.54. The van der Waals surface area contributed by atoms with Crippen LogP contribution in [0.5, 0.6) is 5.75 Å². The lowest BCUT2D eigenvalue weighted by atomic mass is 10.1. The van der Waals surface area contributed by atoms with Gasteiger partial charge in [0.25, 0.3) is 11.8 Å². The molecular weight excluding hydrogens is 456 g/mol. The van der Waals surface area contributed by atoms with Crippen molar-refractivity contribution in [2.45, 2.75) is 12.5 Å². The molecule has 0 spiro atoms. The number of thiazole rings is 1. The number of amides is 3. The number of aromatic hydroxyl groups is 1. The van der Waals surface area contributed by atoms with Gasteiger partial charge in [-0.05, 0) is 29.1 Å². The zero-order valence-electron chi connectivity index (χ0n) is 16.4. The third-order valence-corrected chi connectivity index (χ3v) is 5.85. The summed E-state index contributed by atoms with van der Waals surface area (Å²) in [7, 11) is 0. The number of thiophene rings is 1. The van der Waals surface area contributed by atoms with Crippen molar-refractivity contribution in [2.75, 3.05) is 11.9 Å². The number of nitrogens with one attached hydrogen (secondary N) is 3. The molecule has 0 aliphatic rings. The molecule has 0 fully saturated rings. The number of hydrogen-bond donors (Lipinski definition) is 5. The van der Waals surface area contributed by atoms with Crippen LogP contribution in [0, 0.1) is 0 Å². The molecule has 3 amide bonds. The number of nitrogens with zero attached hydrogens (tertiary/aromatic N) is 1. The molecule has 2 heterocycles. The highest BCUT2D eigenvalue weighted by Gasteiger charge is 2.23. The number of benzene rings is 1. The summed E-state index contributed by atoms with van der Waals surface area (Å²) in [6, 6.07) is 8.20. The van der Waals surface area contributed by atoms with Gasteiger partial charge in [-0.2, -0.15) is 0 Å². The second-order valence-corrected chi connectivity index (χ2v) is 8.45. The molecule has 0 saturated carbocycles. The molecule has 12 heteroatoms. The number of phenolic OH excluding ortho intramolecular Hbond substituents is 1. The van der Waals surface area contributed by atoms with Gasteiger partial charge in [0.05, 0.1) is 17.5 Å². The average Bonchev–Trinajstić information content (AvgIpc) is 3.42. The molecule has 32 heavy (non-hydrogen) atoms. The summed E-state index contributed by atoms with van der Waals surface area (Å²) in [4.78, 5) is 52.5. The Morgan fingerprint density at radius 1 is 1.06 bits per heavy atom. The SMILES string of the molecule is O=C(Cc1cccc(O)c1)Nc1ncc(C(=O)NC(CNC(=O)c2cccs2)C(=O)O)s1. The van der Waals surface area contributed by atoms with E-state index in [0.717, 1.165) is 11.3 Å². The lowest BCUT2D eigenvalue weighted by Gasteiger charge is -2.14. The van der Waals surface area contributed by atoms with Crippen molar-refractivity contribution < 1.29 is 29.4 Å². The summed E-state index contributed by atoms with van der Waals surface area (Å²) in [6.45, 7) is -0.301. The zero-order valence-corrected chi connectivity index (χ0v) is 18.0. The number of aliphatic carboxylic acids is 1. The third kappa shape index (κ3) is 6.36. The second kappa shape index (κ2) is 10.5. The number of carbonyl (C=O) groups is 4. The molecule has 3 aromatic rings. The molecule has 1 unspecified atom stereocenters. The van der Waals surface area contributed by atoms with Gasteiger partial charge < -0.3 is 26.2 Å². The molecular formula is C20H18N4O6S2. The number of aromatic nitrogens is 1. The molecule has 1 atom stereocenters. The van der Waals surface area contributed by atoms with E-state index < -0.39 is 29.7 Å². The summed E-state index contributed by atoms with van der Waals surface area (Å²) >= 11 is 2.09. The summed E-state index contributed by atoms with van der Waals surface area (Å²) in [5.74, 6) is -2.79. The normalized spacial score (nSPS) is 11.4. The summed E-state index contributed by atoms with van der Waals surface area (Å²) < 4.78 is 0. The zero-order chi connectivity index (χ0) is 23.1. The first-order valence-corrected chi connectivity index (χ1v) is 10.9. The van der Waals surface area contributed by atoms with Gasteiger partial charge in [-0.3, -0.25) is 14.4 Å². The lowest BCUT2D eigenvalue weighted by Crippen LogP contribution is -2.48. The van der Waals surface area contributed by atoms with Gasteiger partial charge in [-0.15, -0.1) is 11.3 Å². The van der Waals surface area contributed by atoms with Crippen molar-refractivity contribution in [3.8, 4) is 5.75 Å². The van der Waals surface area contributed by atoms with E-state index in [4.69, 9.17) is 0 Å². The number of rotatable bonds is 9. The van der Waals surface area contributed by atoms with E-state index in [1.165, 1.54) is 29.7 Å². The largest absolute Gasteiger partial charge is 0.508 e. The van der Waals surface area contributed by atoms with E-state index in [-0.39, 0.29) is 28.7 Å². The fraction of sp³-hybridized carbons (Fsp3) is 0.150. The van der Waals surface area contributed by atoms with Crippen LogP contribution in [0.25, 0.3) is 0 Å². The Bertz CT molecular complexity index is 1130. The van der Waals surface area contributed by atoms with Crippen molar-refractivity contribution in [2.24, 2.45) is 0 Å². The van der Waals surface area contributed by atoms with Crippen LogP contribution < -0.4 is 16.0 Å².